The maximum Gasteiger partial charge on any atom is 0.303 e. The highest BCUT2D eigenvalue weighted by atomic mass is 16.5. The van der Waals surface area contributed by atoms with Crippen molar-refractivity contribution in [3.05, 3.63) is 29.8 Å². The quantitative estimate of drug-likeness (QED) is 0.744. The summed E-state index contributed by atoms with van der Waals surface area (Å²) in [4.78, 5) is 22.3. The van der Waals surface area contributed by atoms with Crippen LogP contribution in [0.3, 0.4) is 0 Å². The Kier molecular flexibility index (Phi) is 4.98. The highest BCUT2D eigenvalue weighted by Gasteiger charge is 2.28. The molecule has 2 N–H and O–H groups in total. The number of carbonyl (C=O) groups excluding carboxylic acids is 1. The van der Waals surface area contributed by atoms with E-state index < -0.39 is 12.1 Å². The Morgan fingerprint density at radius 1 is 1.25 bits per heavy atom. The number of carboxylic acid groups (broad SMARTS) is 1. The van der Waals surface area contributed by atoms with Crippen molar-refractivity contribution in [2.24, 2.45) is 0 Å². The minimum Gasteiger partial charge on any atom is -0.481 e. The molecule has 1 unspecified atom stereocenters. The van der Waals surface area contributed by atoms with Crippen molar-refractivity contribution in [2.45, 2.75) is 38.2 Å². The number of rotatable bonds is 7. The second kappa shape index (κ2) is 6.93. The summed E-state index contributed by atoms with van der Waals surface area (Å²) < 4.78 is 5.59. The fraction of sp³-hybridized carbons (Fsp3) is 0.467. The van der Waals surface area contributed by atoms with Crippen LogP contribution in [0.15, 0.2) is 24.3 Å². The molecule has 20 heavy (non-hydrogen) atoms. The van der Waals surface area contributed by atoms with Crippen molar-refractivity contribution < 1.29 is 19.4 Å². The number of hydrogen-bond acceptors (Lipinski definition) is 3. The molecule has 0 fully saturated rings. The van der Waals surface area contributed by atoms with Crippen LogP contribution in [0.2, 0.25) is 0 Å². The minimum atomic E-state index is -0.772. The molecule has 1 aromatic carbocycles. The van der Waals surface area contributed by atoms with Gasteiger partial charge in [-0.25, -0.2) is 0 Å². The van der Waals surface area contributed by atoms with Gasteiger partial charge in [0.15, 0.2) is 6.10 Å². The lowest BCUT2D eigenvalue weighted by atomic mass is 10.1. The zero-order valence-corrected chi connectivity index (χ0v) is 11.3. The Balaban J connectivity index is 1.63. The molecule has 0 radical (unpaired) electrons. The number of hydrogen-bond donors (Lipinski definition) is 2. The standard InChI is InChI=1S/C15H19NO4/c17-14(18)8-2-1-5-9-16-15(19)13-10-11-6-3-4-7-12(11)20-13/h3-4,6-7,13H,1-2,5,8-10H2,(H,16,19)(H,17,18). The SMILES string of the molecule is O=C(O)CCCCCNC(=O)C1Cc2ccccc2O1. The van der Waals surface area contributed by atoms with Gasteiger partial charge in [0.05, 0.1) is 0 Å². The van der Waals surface area contributed by atoms with Crippen LogP contribution in [0.25, 0.3) is 0 Å². The number of ether oxygens (including phenoxy) is 1. The van der Waals surface area contributed by atoms with E-state index in [2.05, 4.69) is 5.32 Å². The summed E-state index contributed by atoms with van der Waals surface area (Å²) in [6.07, 6.45) is 2.61. The first kappa shape index (κ1) is 14.4. The third-order valence-electron chi connectivity index (χ3n) is 3.31. The summed E-state index contributed by atoms with van der Waals surface area (Å²) >= 11 is 0. The summed E-state index contributed by atoms with van der Waals surface area (Å²) in [5.74, 6) is -0.0836. The van der Waals surface area contributed by atoms with E-state index in [-0.39, 0.29) is 12.3 Å². The normalized spacial score (nSPS) is 16.3. The smallest absolute Gasteiger partial charge is 0.303 e. The van der Waals surface area contributed by atoms with Crippen molar-refractivity contribution in [1.29, 1.82) is 0 Å². The number of fused-ring (bicyclic) bond motifs is 1. The molecule has 1 atom stereocenters. The van der Waals surface area contributed by atoms with Crippen LogP contribution >= 0.6 is 0 Å². The summed E-state index contributed by atoms with van der Waals surface area (Å²) in [5, 5.41) is 11.3. The van der Waals surface area contributed by atoms with Crippen LogP contribution in [0.1, 0.15) is 31.2 Å². The van der Waals surface area contributed by atoms with E-state index in [1.807, 2.05) is 24.3 Å². The van der Waals surface area contributed by atoms with Crippen molar-refractivity contribution in [3.8, 4) is 5.75 Å². The molecule has 5 heteroatoms. The number of nitrogens with one attached hydrogen (secondary N) is 1. The summed E-state index contributed by atoms with van der Waals surface area (Å²) in [7, 11) is 0. The van der Waals surface area contributed by atoms with Crippen molar-refractivity contribution in [3.63, 3.8) is 0 Å². The number of aliphatic carboxylic acids is 1. The Morgan fingerprint density at radius 3 is 2.80 bits per heavy atom. The molecule has 2 rings (SSSR count). The van der Waals surface area contributed by atoms with Gasteiger partial charge in [0.25, 0.3) is 5.91 Å². The molecule has 5 nitrogen and oxygen atoms in total. The molecule has 0 saturated heterocycles. The molecule has 0 aromatic heterocycles. The molecule has 1 aliphatic heterocycles. The monoisotopic (exact) mass is 277 g/mol. The fourth-order valence-corrected chi connectivity index (χ4v) is 2.23. The Hall–Kier alpha value is -2.04. The predicted molar refractivity (Wildman–Crippen MR) is 73.7 cm³/mol. The Labute approximate surface area is 117 Å². The Bertz CT molecular complexity index is 462. The zero-order chi connectivity index (χ0) is 14.4. The van der Waals surface area contributed by atoms with Crippen LogP contribution in [0.4, 0.5) is 0 Å². The number of para-hydroxylation sites is 1. The molecule has 1 heterocycles. The van der Waals surface area contributed by atoms with Crippen LogP contribution in [0, 0.1) is 0 Å². The average Bonchev–Trinajstić information content (AvgIpc) is 2.86. The van der Waals surface area contributed by atoms with Crippen LogP contribution in [-0.2, 0) is 16.0 Å². The maximum absolute atomic E-state index is 11.9. The van der Waals surface area contributed by atoms with Crippen molar-refractivity contribution >= 4 is 11.9 Å². The van der Waals surface area contributed by atoms with Gasteiger partial charge >= 0.3 is 5.97 Å². The number of unbranched alkanes of at least 4 members (excludes halogenated alkanes) is 2. The summed E-state index contributed by atoms with van der Waals surface area (Å²) in [6.45, 7) is 0.564. The second-order valence-corrected chi connectivity index (χ2v) is 4.91. The van der Waals surface area contributed by atoms with Gasteiger partial charge in [-0.2, -0.15) is 0 Å². The lowest BCUT2D eigenvalue weighted by Crippen LogP contribution is -2.37. The van der Waals surface area contributed by atoms with E-state index >= 15 is 0 Å². The fourth-order valence-electron chi connectivity index (χ4n) is 2.23. The Morgan fingerprint density at radius 2 is 2.05 bits per heavy atom. The van der Waals surface area contributed by atoms with Gasteiger partial charge in [-0.1, -0.05) is 24.6 Å². The van der Waals surface area contributed by atoms with E-state index in [1.165, 1.54) is 0 Å². The second-order valence-electron chi connectivity index (χ2n) is 4.91. The van der Waals surface area contributed by atoms with Gasteiger partial charge < -0.3 is 15.2 Å². The van der Waals surface area contributed by atoms with Gasteiger partial charge in [-0.3, -0.25) is 9.59 Å². The van der Waals surface area contributed by atoms with E-state index in [4.69, 9.17) is 9.84 Å². The molecule has 0 saturated carbocycles. The predicted octanol–water partition coefficient (Wildman–Crippen LogP) is 1.75. The highest BCUT2D eigenvalue weighted by Crippen LogP contribution is 2.28. The first-order valence-corrected chi connectivity index (χ1v) is 6.91. The van der Waals surface area contributed by atoms with Crippen LogP contribution in [-0.4, -0.2) is 29.6 Å². The third-order valence-corrected chi connectivity index (χ3v) is 3.31. The van der Waals surface area contributed by atoms with Crippen molar-refractivity contribution in [1.82, 2.24) is 5.32 Å². The molecule has 1 aliphatic rings. The molecule has 0 aliphatic carbocycles. The van der Waals surface area contributed by atoms with Crippen molar-refractivity contribution in [2.75, 3.05) is 6.54 Å². The molecule has 0 bridgehead atoms. The number of carbonyl (C=O) groups is 2. The molecule has 1 aromatic rings. The van der Waals surface area contributed by atoms with Gasteiger partial charge in [0.1, 0.15) is 5.75 Å². The molecule has 1 amide bonds. The first-order chi connectivity index (χ1) is 9.66. The minimum absolute atomic E-state index is 0.0977. The van der Waals surface area contributed by atoms with E-state index in [1.54, 1.807) is 0 Å². The topological polar surface area (TPSA) is 75.6 Å². The molecular formula is C15H19NO4. The van der Waals surface area contributed by atoms with Gasteiger partial charge in [0.2, 0.25) is 0 Å². The lowest BCUT2D eigenvalue weighted by molar-refractivity contribution is -0.137. The van der Waals surface area contributed by atoms with E-state index in [9.17, 15) is 9.59 Å². The first-order valence-electron chi connectivity index (χ1n) is 6.91. The van der Waals surface area contributed by atoms with Gasteiger partial charge in [-0.15, -0.1) is 0 Å². The molecule has 108 valence electrons. The number of benzene rings is 1. The molecular weight excluding hydrogens is 258 g/mol. The summed E-state index contributed by atoms with van der Waals surface area (Å²) in [5.41, 5.74) is 1.06. The number of carboxylic acids is 1. The van der Waals surface area contributed by atoms with Crippen LogP contribution < -0.4 is 10.1 Å². The summed E-state index contributed by atoms with van der Waals surface area (Å²) in [6, 6.07) is 7.66. The van der Waals surface area contributed by atoms with Gasteiger partial charge in [-0.05, 0) is 24.5 Å². The van der Waals surface area contributed by atoms with E-state index in [0.717, 1.165) is 24.2 Å². The zero-order valence-electron chi connectivity index (χ0n) is 11.3. The lowest BCUT2D eigenvalue weighted by Gasteiger charge is -2.11. The number of amides is 1. The molecule has 0 spiro atoms. The van der Waals surface area contributed by atoms with E-state index in [0.29, 0.717) is 19.4 Å². The highest BCUT2D eigenvalue weighted by molar-refractivity contribution is 5.82. The third kappa shape index (κ3) is 3.98. The largest absolute Gasteiger partial charge is 0.481 e. The maximum atomic E-state index is 11.9. The average molecular weight is 277 g/mol. The van der Waals surface area contributed by atoms with Gasteiger partial charge in [0, 0.05) is 19.4 Å². The van der Waals surface area contributed by atoms with Crippen LogP contribution in [0.5, 0.6) is 5.75 Å².